The molecule has 0 bridgehead atoms. The molecule has 102 valence electrons. The number of nitrogens with zero attached hydrogens (tertiary/aromatic N) is 1. The molecule has 0 saturated carbocycles. The number of aliphatic carboxylic acids is 1. The van der Waals surface area contributed by atoms with Crippen molar-refractivity contribution < 1.29 is 14.7 Å². The Labute approximate surface area is 112 Å². The second kappa shape index (κ2) is 5.30. The molecule has 5 heteroatoms. The monoisotopic (exact) mass is 262 g/mol. The van der Waals surface area contributed by atoms with Gasteiger partial charge in [0.2, 0.25) is 5.91 Å². The van der Waals surface area contributed by atoms with E-state index in [1.807, 2.05) is 36.9 Å². The van der Waals surface area contributed by atoms with Crippen LogP contribution in [0.2, 0.25) is 0 Å². The number of carbonyl (C=O) groups excluding carboxylic acids is 1. The van der Waals surface area contributed by atoms with E-state index in [4.69, 9.17) is 5.11 Å². The summed E-state index contributed by atoms with van der Waals surface area (Å²) >= 11 is 0. The zero-order chi connectivity index (χ0) is 14.0. The molecule has 5 nitrogen and oxygen atoms in total. The number of aryl methyl sites for hydroxylation is 2. The third-order valence-electron chi connectivity index (χ3n) is 3.36. The predicted molar refractivity (Wildman–Crippen MR) is 72.3 cm³/mol. The number of hydrogen-bond acceptors (Lipinski definition) is 3. The fraction of sp³-hybridized carbons (Fsp3) is 0.429. The summed E-state index contributed by atoms with van der Waals surface area (Å²) in [5, 5.41) is 11.8. The maximum Gasteiger partial charge on any atom is 0.310 e. The van der Waals surface area contributed by atoms with Crippen molar-refractivity contribution in [3.63, 3.8) is 0 Å². The molecule has 2 N–H and O–H groups in total. The van der Waals surface area contributed by atoms with E-state index in [0.29, 0.717) is 6.54 Å². The average Bonchev–Trinajstić information content (AvgIpc) is 2.51. The van der Waals surface area contributed by atoms with E-state index < -0.39 is 11.9 Å². The van der Waals surface area contributed by atoms with Gasteiger partial charge in [0, 0.05) is 18.8 Å². The van der Waals surface area contributed by atoms with Gasteiger partial charge in [0.1, 0.15) is 0 Å². The fourth-order valence-corrected chi connectivity index (χ4v) is 2.37. The summed E-state index contributed by atoms with van der Waals surface area (Å²) < 4.78 is 0. The molecule has 1 fully saturated rings. The normalized spacial score (nSPS) is 19.8. The molecule has 1 amide bonds. The van der Waals surface area contributed by atoms with Crippen molar-refractivity contribution in [3.05, 3.63) is 29.3 Å². The average molecular weight is 262 g/mol. The molecule has 19 heavy (non-hydrogen) atoms. The number of benzene rings is 1. The molecule has 0 spiro atoms. The largest absolute Gasteiger partial charge is 0.481 e. The maximum absolute atomic E-state index is 11.7. The highest BCUT2D eigenvalue weighted by atomic mass is 16.4. The summed E-state index contributed by atoms with van der Waals surface area (Å²) in [5.41, 5.74) is 3.13. The first-order chi connectivity index (χ1) is 8.97. The molecule has 1 aromatic carbocycles. The van der Waals surface area contributed by atoms with Gasteiger partial charge in [-0.25, -0.2) is 0 Å². The van der Waals surface area contributed by atoms with Crippen molar-refractivity contribution in [2.75, 3.05) is 24.5 Å². The zero-order valence-corrected chi connectivity index (χ0v) is 11.1. The van der Waals surface area contributed by atoms with Crippen LogP contribution in [0.5, 0.6) is 0 Å². The number of anilines is 1. The van der Waals surface area contributed by atoms with Gasteiger partial charge in [-0.05, 0) is 25.5 Å². The number of carboxylic acid groups (broad SMARTS) is 1. The molecule has 1 unspecified atom stereocenters. The van der Waals surface area contributed by atoms with Crippen LogP contribution in [0.25, 0.3) is 0 Å². The van der Waals surface area contributed by atoms with Crippen molar-refractivity contribution >= 4 is 17.6 Å². The summed E-state index contributed by atoms with van der Waals surface area (Å²) in [6, 6.07) is 5.96. The van der Waals surface area contributed by atoms with Crippen LogP contribution in [-0.4, -0.2) is 36.6 Å². The highest BCUT2D eigenvalue weighted by Crippen LogP contribution is 2.23. The first-order valence-electron chi connectivity index (χ1n) is 6.29. The van der Waals surface area contributed by atoms with Crippen molar-refractivity contribution in [1.82, 2.24) is 5.32 Å². The highest BCUT2D eigenvalue weighted by molar-refractivity contribution is 5.84. The summed E-state index contributed by atoms with van der Waals surface area (Å²) in [6.45, 7) is 4.72. The van der Waals surface area contributed by atoms with E-state index in [9.17, 15) is 9.59 Å². The van der Waals surface area contributed by atoms with Gasteiger partial charge in [0.25, 0.3) is 0 Å². The van der Waals surface area contributed by atoms with Crippen molar-refractivity contribution in [2.24, 2.45) is 5.92 Å². The molecule has 1 aliphatic heterocycles. The Hall–Kier alpha value is -2.04. The van der Waals surface area contributed by atoms with Gasteiger partial charge in [-0.3, -0.25) is 9.59 Å². The first kappa shape index (κ1) is 13.4. The molecule has 1 aliphatic rings. The van der Waals surface area contributed by atoms with E-state index in [1.54, 1.807) is 0 Å². The minimum Gasteiger partial charge on any atom is -0.481 e. The van der Waals surface area contributed by atoms with Crippen LogP contribution in [0.15, 0.2) is 18.2 Å². The van der Waals surface area contributed by atoms with Crippen LogP contribution in [0.4, 0.5) is 5.69 Å². The second-order valence-electron chi connectivity index (χ2n) is 5.01. The number of carbonyl (C=O) groups is 2. The predicted octanol–water partition coefficient (Wildman–Crippen LogP) is 0.940. The van der Waals surface area contributed by atoms with Gasteiger partial charge in [-0.1, -0.05) is 17.7 Å². The van der Waals surface area contributed by atoms with E-state index in [0.717, 1.165) is 16.8 Å². The van der Waals surface area contributed by atoms with Crippen molar-refractivity contribution in [3.8, 4) is 0 Å². The molecular weight excluding hydrogens is 244 g/mol. The Bertz CT molecular complexity index is 513. The van der Waals surface area contributed by atoms with E-state index >= 15 is 0 Å². The number of nitrogens with one attached hydrogen (secondary N) is 1. The van der Waals surface area contributed by atoms with Crippen LogP contribution < -0.4 is 10.2 Å². The topological polar surface area (TPSA) is 69.6 Å². The summed E-state index contributed by atoms with van der Waals surface area (Å²) in [5.74, 6) is -1.59. The molecule has 1 atom stereocenters. The molecule has 0 aromatic heterocycles. The lowest BCUT2D eigenvalue weighted by atomic mass is 10.1. The summed E-state index contributed by atoms with van der Waals surface area (Å²) in [6.07, 6.45) is 0. The zero-order valence-electron chi connectivity index (χ0n) is 11.1. The smallest absolute Gasteiger partial charge is 0.310 e. The SMILES string of the molecule is Cc1ccc(N2CC(=O)NCC(C(=O)O)C2)c(C)c1. The van der Waals surface area contributed by atoms with Gasteiger partial charge in [0.05, 0.1) is 12.5 Å². The molecule has 0 radical (unpaired) electrons. The fourth-order valence-electron chi connectivity index (χ4n) is 2.37. The Kier molecular flexibility index (Phi) is 3.74. The Balaban J connectivity index is 2.29. The van der Waals surface area contributed by atoms with Crippen LogP contribution in [0, 0.1) is 19.8 Å². The molecule has 1 aromatic rings. The van der Waals surface area contributed by atoms with Crippen molar-refractivity contribution in [2.45, 2.75) is 13.8 Å². The van der Waals surface area contributed by atoms with Crippen molar-refractivity contribution in [1.29, 1.82) is 0 Å². The lowest BCUT2D eigenvalue weighted by Gasteiger charge is -2.25. The third-order valence-corrected chi connectivity index (χ3v) is 3.36. The molecule has 1 heterocycles. The van der Waals surface area contributed by atoms with E-state index in [-0.39, 0.29) is 19.0 Å². The maximum atomic E-state index is 11.7. The number of hydrogen-bond donors (Lipinski definition) is 2. The lowest BCUT2D eigenvalue weighted by molar-refractivity contribution is -0.141. The number of amides is 1. The second-order valence-corrected chi connectivity index (χ2v) is 5.01. The third kappa shape index (κ3) is 3.05. The van der Waals surface area contributed by atoms with Crippen LogP contribution in [0.1, 0.15) is 11.1 Å². The molecule has 1 saturated heterocycles. The van der Waals surface area contributed by atoms with Crippen LogP contribution in [-0.2, 0) is 9.59 Å². The van der Waals surface area contributed by atoms with Gasteiger partial charge < -0.3 is 15.3 Å². The molecular formula is C14H18N2O3. The minimum absolute atomic E-state index is 0.135. The molecule has 2 rings (SSSR count). The first-order valence-corrected chi connectivity index (χ1v) is 6.29. The van der Waals surface area contributed by atoms with Gasteiger partial charge in [-0.15, -0.1) is 0 Å². The van der Waals surface area contributed by atoms with E-state index in [1.165, 1.54) is 0 Å². The Morgan fingerprint density at radius 2 is 2.16 bits per heavy atom. The summed E-state index contributed by atoms with van der Waals surface area (Å²) in [7, 11) is 0. The number of carboxylic acids is 1. The van der Waals surface area contributed by atoms with Gasteiger partial charge in [0.15, 0.2) is 0 Å². The van der Waals surface area contributed by atoms with Crippen LogP contribution in [0.3, 0.4) is 0 Å². The Morgan fingerprint density at radius 3 is 2.79 bits per heavy atom. The van der Waals surface area contributed by atoms with Gasteiger partial charge >= 0.3 is 5.97 Å². The summed E-state index contributed by atoms with van der Waals surface area (Å²) in [4.78, 5) is 24.7. The lowest BCUT2D eigenvalue weighted by Crippen LogP contribution is -2.34. The standard InChI is InChI=1S/C14H18N2O3/c1-9-3-4-12(10(2)5-9)16-7-11(14(18)19)6-15-13(17)8-16/h3-5,11H,6-8H2,1-2H3,(H,15,17)(H,18,19). The molecule has 0 aliphatic carbocycles. The Morgan fingerprint density at radius 1 is 1.42 bits per heavy atom. The number of rotatable bonds is 2. The minimum atomic E-state index is -0.878. The highest BCUT2D eigenvalue weighted by Gasteiger charge is 2.27. The quantitative estimate of drug-likeness (QED) is 0.832. The van der Waals surface area contributed by atoms with E-state index in [2.05, 4.69) is 5.32 Å². The van der Waals surface area contributed by atoms with Crippen LogP contribution >= 0.6 is 0 Å². The van der Waals surface area contributed by atoms with Gasteiger partial charge in [-0.2, -0.15) is 0 Å².